The van der Waals surface area contributed by atoms with Crippen molar-refractivity contribution < 1.29 is 9.21 Å². The molecular formula is C21H21N5O2. The Morgan fingerprint density at radius 2 is 1.82 bits per heavy atom. The number of amides is 1. The third-order valence-corrected chi connectivity index (χ3v) is 5.38. The quantitative estimate of drug-likeness (QED) is 0.701. The number of hydrogen-bond acceptors (Lipinski definition) is 6. The van der Waals surface area contributed by atoms with Crippen molar-refractivity contribution in [1.29, 1.82) is 0 Å². The summed E-state index contributed by atoms with van der Waals surface area (Å²) in [5.41, 5.74) is 2.52. The normalized spacial score (nSPS) is 16.4. The standard InChI is InChI=1S/C21H21N5O2/c27-20(18-6-3-15-28-18)25-13-11-24(12-14-25)19-7-9-22-21(23-19)26-10-8-16-4-1-2-5-17(16)26/h1-7,9,15H,8,10-14H2. The first kappa shape index (κ1) is 16.8. The molecule has 0 unspecified atom stereocenters. The Kier molecular flexibility index (Phi) is 4.20. The lowest BCUT2D eigenvalue weighted by Gasteiger charge is -2.35. The molecule has 3 aromatic rings. The van der Waals surface area contributed by atoms with Crippen LogP contribution < -0.4 is 9.80 Å². The molecule has 142 valence electrons. The summed E-state index contributed by atoms with van der Waals surface area (Å²) in [5, 5.41) is 0. The molecule has 0 radical (unpaired) electrons. The van der Waals surface area contributed by atoms with E-state index in [1.165, 1.54) is 17.5 Å². The maximum atomic E-state index is 12.4. The summed E-state index contributed by atoms with van der Waals surface area (Å²) < 4.78 is 5.23. The molecule has 2 aliphatic rings. The van der Waals surface area contributed by atoms with Gasteiger partial charge in [0, 0.05) is 44.6 Å². The van der Waals surface area contributed by atoms with Crippen LogP contribution in [-0.2, 0) is 6.42 Å². The van der Waals surface area contributed by atoms with Gasteiger partial charge < -0.3 is 19.1 Å². The van der Waals surface area contributed by atoms with Crippen LogP contribution in [0.4, 0.5) is 17.5 Å². The molecule has 0 aliphatic carbocycles. The van der Waals surface area contributed by atoms with Crippen LogP contribution in [0.5, 0.6) is 0 Å². The molecule has 1 saturated heterocycles. The van der Waals surface area contributed by atoms with E-state index >= 15 is 0 Å². The van der Waals surface area contributed by atoms with Crippen molar-refractivity contribution >= 4 is 23.4 Å². The van der Waals surface area contributed by atoms with Crippen LogP contribution in [0, 0.1) is 0 Å². The lowest BCUT2D eigenvalue weighted by atomic mass is 10.2. The largest absolute Gasteiger partial charge is 0.459 e. The topological polar surface area (TPSA) is 65.7 Å². The molecule has 1 amide bonds. The summed E-state index contributed by atoms with van der Waals surface area (Å²) in [6, 6.07) is 13.8. The second-order valence-electron chi connectivity index (χ2n) is 7.00. The summed E-state index contributed by atoms with van der Waals surface area (Å²) >= 11 is 0. The minimum atomic E-state index is -0.0540. The summed E-state index contributed by atoms with van der Waals surface area (Å²) in [7, 11) is 0. The maximum absolute atomic E-state index is 12.4. The number of aromatic nitrogens is 2. The van der Waals surface area contributed by atoms with Crippen LogP contribution >= 0.6 is 0 Å². The van der Waals surface area contributed by atoms with E-state index in [1.54, 1.807) is 12.1 Å². The van der Waals surface area contributed by atoms with Gasteiger partial charge in [-0.05, 0) is 36.2 Å². The molecule has 7 heteroatoms. The van der Waals surface area contributed by atoms with Crippen LogP contribution in [-0.4, -0.2) is 53.5 Å². The van der Waals surface area contributed by atoms with Gasteiger partial charge in [0.25, 0.3) is 5.91 Å². The summed E-state index contributed by atoms with van der Waals surface area (Å²) in [6.45, 7) is 3.66. The van der Waals surface area contributed by atoms with Gasteiger partial charge >= 0.3 is 0 Å². The fourth-order valence-electron chi connectivity index (χ4n) is 3.89. The van der Waals surface area contributed by atoms with Gasteiger partial charge in [-0.1, -0.05) is 18.2 Å². The zero-order chi connectivity index (χ0) is 18.9. The van der Waals surface area contributed by atoms with Gasteiger partial charge in [-0.3, -0.25) is 4.79 Å². The van der Waals surface area contributed by atoms with E-state index in [-0.39, 0.29) is 5.91 Å². The van der Waals surface area contributed by atoms with E-state index in [9.17, 15) is 4.79 Å². The number of carbonyl (C=O) groups is 1. The molecule has 0 spiro atoms. The summed E-state index contributed by atoms with van der Waals surface area (Å²) in [4.78, 5) is 28.0. The third kappa shape index (κ3) is 2.98. The van der Waals surface area contributed by atoms with Crippen molar-refractivity contribution in [3.8, 4) is 0 Å². The summed E-state index contributed by atoms with van der Waals surface area (Å²) in [6.07, 6.45) is 4.36. The van der Waals surface area contributed by atoms with Crippen molar-refractivity contribution in [3.05, 3.63) is 66.2 Å². The number of piperazine rings is 1. The minimum absolute atomic E-state index is 0.0540. The molecular weight excluding hydrogens is 354 g/mol. The number of nitrogens with zero attached hydrogens (tertiary/aromatic N) is 5. The Morgan fingerprint density at radius 1 is 0.964 bits per heavy atom. The second kappa shape index (κ2) is 6.99. The Hall–Kier alpha value is -3.35. The number of anilines is 3. The van der Waals surface area contributed by atoms with Crippen LogP contribution in [0.1, 0.15) is 16.1 Å². The Balaban J connectivity index is 1.30. The number of fused-ring (bicyclic) bond motifs is 1. The first-order valence-corrected chi connectivity index (χ1v) is 9.56. The molecule has 0 saturated carbocycles. The minimum Gasteiger partial charge on any atom is -0.459 e. The van der Waals surface area contributed by atoms with Gasteiger partial charge in [-0.25, -0.2) is 4.98 Å². The highest BCUT2D eigenvalue weighted by Gasteiger charge is 2.26. The summed E-state index contributed by atoms with van der Waals surface area (Å²) in [5.74, 6) is 1.98. The van der Waals surface area contributed by atoms with E-state index in [0.29, 0.717) is 18.8 Å². The van der Waals surface area contributed by atoms with Crippen LogP contribution in [0.3, 0.4) is 0 Å². The monoisotopic (exact) mass is 375 g/mol. The number of hydrogen-bond donors (Lipinski definition) is 0. The lowest BCUT2D eigenvalue weighted by molar-refractivity contribution is 0.0714. The predicted octanol–water partition coefficient (Wildman–Crippen LogP) is 2.73. The fraction of sp³-hybridized carbons (Fsp3) is 0.286. The van der Waals surface area contributed by atoms with Crippen molar-refractivity contribution in [2.75, 3.05) is 42.5 Å². The molecule has 1 fully saturated rings. The van der Waals surface area contributed by atoms with Gasteiger partial charge in [0.05, 0.1) is 6.26 Å². The van der Waals surface area contributed by atoms with Crippen LogP contribution in [0.25, 0.3) is 0 Å². The zero-order valence-electron chi connectivity index (χ0n) is 15.5. The molecule has 4 heterocycles. The van der Waals surface area contributed by atoms with E-state index in [1.807, 2.05) is 17.2 Å². The highest BCUT2D eigenvalue weighted by atomic mass is 16.3. The molecule has 2 aliphatic heterocycles. The second-order valence-corrected chi connectivity index (χ2v) is 7.00. The fourth-order valence-corrected chi connectivity index (χ4v) is 3.89. The number of carbonyl (C=O) groups excluding carboxylic acids is 1. The third-order valence-electron chi connectivity index (χ3n) is 5.38. The molecule has 0 atom stereocenters. The van der Waals surface area contributed by atoms with Crippen LogP contribution in [0.2, 0.25) is 0 Å². The van der Waals surface area contributed by atoms with E-state index in [0.717, 1.165) is 37.8 Å². The molecule has 5 rings (SSSR count). The average molecular weight is 375 g/mol. The molecule has 1 aromatic carbocycles. The lowest BCUT2D eigenvalue weighted by Crippen LogP contribution is -2.49. The average Bonchev–Trinajstić information content (AvgIpc) is 3.44. The first-order valence-electron chi connectivity index (χ1n) is 9.56. The first-order chi connectivity index (χ1) is 13.8. The van der Waals surface area contributed by atoms with E-state index < -0.39 is 0 Å². The molecule has 7 nitrogen and oxygen atoms in total. The SMILES string of the molecule is O=C(c1ccco1)N1CCN(c2ccnc(N3CCc4ccccc43)n2)CC1. The maximum Gasteiger partial charge on any atom is 0.289 e. The van der Waals surface area contributed by atoms with Gasteiger partial charge in [0.2, 0.25) is 5.95 Å². The van der Waals surface area contributed by atoms with Crippen molar-refractivity contribution in [3.63, 3.8) is 0 Å². The number of furan rings is 1. The van der Waals surface area contributed by atoms with Crippen molar-refractivity contribution in [2.24, 2.45) is 0 Å². The van der Waals surface area contributed by atoms with Gasteiger partial charge in [0.15, 0.2) is 5.76 Å². The van der Waals surface area contributed by atoms with E-state index in [2.05, 4.69) is 39.0 Å². The molecule has 28 heavy (non-hydrogen) atoms. The molecule has 0 bridgehead atoms. The number of para-hydroxylation sites is 1. The highest BCUT2D eigenvalue weighted by Crippen LogP contribution is 2.32. The highest BCUT2D eigenvalue weighted by molar-refractivity contribution is 5.91. The van der Waals surface area contributed by atoms with Crippen molar-refractivity contribution in [1.82, 2.24) is 14.9 Å². The van der Waals surface area contributed by atoms with E-state index in [4.69, 9.17) is 9.40 Å². The van der Waals surface area contributed by atoms with Gasteiger partial charge in [-0.15, -0.1) is 0 Å². The Bertz CT molecular complexity index is 980. The molecule has 0 N–H and O–H groups in total. The smallest absolute Gasteiger partial charge is 0.289 e. The zero-order valence-corrected chi connectivity index (χ0v) is 15.5. The van der Waals surface area contributed by atoms with Crippen molar-refractivity contribution in [2.45, 2.75) is 6.42 Å². The van der Waals surface area contributed by atoms with Gasteiger partial charge in [-0.2, -0.15) is 4.98 Å². The molecule has 2 aromatic heterocycles. The Labute approximate surface area is 163 Å². The number of benzene rings is 1. The number of rotatable bonds is 3. The Morgan fingerprint density at radius 3 is 2.64 bits per heavy atom. The van der Waals surface area contributed by atoms with Crippen LogP contribution in [0.15, 0.2) is 59.3 Å². The van der Waals surface area contributed by atoms with Gasteiger partial charge in [0.1, 0.15) is 5.82 Å². The predicted molar refractivity (Wildman–Crippen MR) is 106 cm³/mol.